The summed E-state index contributed by atoms with van der Waals surface area (Å²) in [6, 6.07) is -1.21. The first kappa shape index (κ1) is 15.7. The number of rotatable bonds is 7. The minimum Gasteiger partial charge on any atom is -0.480 e. The summed E-state index contributed by atoms with van der Waals surface area (Å²) < 4.78 is 0. The third kappa shape index (κ3) is 6.81. The highest BCUT2D eigenvalue weighted by molar-refractivity contribution is 5.82. The smallest absolute Gasteiger partial charge is 0.326 e. The summed E-state index contributed by atoms with van der Waals surface area (Å²) in [5.74, 6) is -0.989. The van der Waals surface area contributed by atoms with Gasteiger partial charge in [-0.05, 0) is 18.3 Å². The Morgan fingerprint density at radius 2 is 1.88 bits per heavy atom. The molecule has 3 N–H and O–H groups in total. The van der Waals surface area contributed by atoms with E-state index in [-0.39, 0.29) is 5.41 Å². The van der Waals surface area contributed by atoms with Crippen molar-refractivity contribution in [2.75, 3.05) is 6.54 Å². The van der Waals surface area contributed by atoms with E-state index in [0.29, 0.717) is 13.0 Å². The van der Waals surface area contributed by atoms with Crippen LogP contribution in [0.3, 0.4) is 0 Å². The van der Waals surface area contributed by atoms with Crippen LogP contribution in [0.1, 0.15) is 47.0 Å². The van der Waals surface area contributed by atoms with Gasteiger partial charge in [-0.2, -0.15) is 0 Å². The van der Waals surface area contributed by atoms with E-state index in [4.69, 9.17) is 5.11 Å². The summed E-state index contributed by atoms with van der Waals surface area (Å²) in [5.41, 5.74) is 0.0286. The molecule has 0 heterocycles. The maximum absolute atomic E-state index is 11.5. The number of carbonyl (C=O) groups is 2. The Hall–Kier alpha value is -1.26. The molecule has 100 valence electrons. The van der Waals surface area contributed by atoms with E-state index in [1.165, 1.54) is 0 Å². The van der Waals surface area contributed by atoms with Crippen LogP contribution in [0.15, 0.2) is 0 Å². The zero-order valence-electron chi connectivity index (χ0n) is 11.2. The molecule has 1 atom stereocenters. The monoisotopic (exact) mass is 244 g/mol. The number of carbonyl (C=O) groups excluding carboxylic acids is 1. The Balaban J connectivity index is 4.11. The number of nitrogens with one attached hydrogen (secondary N) is 2. The van der Waals surface area contributed by atoms with Crippen molar-refractivity contribution in [3.8, 4) is 0 Å². The molecule has 0 aromatic carbocycles. The van der Waals surface area contributed by atoms with Crippen LogP contribution < -0.4 is 10.6 Å². The predicted octanol–water partition coefficient (Wildman–Crippen LogP) is 1.98. The molecule has 0 aliphatic carbocycles. The summed E-state index contributed by atoms with van der Waals surface area (Å²) in [6.07, 6.45) is 2.11. The molecular formula is C12H24N2O3. The van der Waals surface area contributed by atoms with Crippen molar-refractivity contribution >= 4 is 12.0 Å². The van der Waals surface area contributed by atoms with E-state index in [1.807, 2.05) is 20.8 Å². The maximum atomic E-state index is 11.5. The number of urea groups is 1. The Morgan fingerprint density at radius 1 is 1.29 bits per heavy atom. The molecule has 0 saturated carbocycles. The van der Waals surface area contributed by atoms with Gasteiger partial charge >= 0.3 is 12.0 Å². The number of amides is 2. The normalized spacial score (nSPS) is 12.9. The van der Waals surface area contributed by atoms with Crippen molar-refractivity contribution in [3.63, 3.8) is 0 Å². The molecule has 0 radical (unpaired) electrons. The van der Waals surface area contributed by atoms with Gasteiger partial charge in [0, 0.05) is 6.54 Å². The summed E-state index contributed by atoms with van der Waals surface area (Å²) in [4.78, 5) is 22.3. The molecule has 0 aliphatic heterocycles. The van der Waals surface area contributed by atoms with E-state index in [2.05, 4.69) is 17.6 Å². The molecule has 5 nitrogen and oxygen atoms in total. The van der Waals surface area contributed by atoms with Crippen LogP contribution in [0.5, 0.6) is 0 Å². The first-order chi connectivity index (χ1) is 7.82. The van der Waals surface area contributed by atoms with Gasteiger partial charge in [0.25, 0.3) is 0 Å². The second-order valence-corrected chi connectivity index (χ2v) is 5.02. The van der Waals surface area contributed by atoms with Crippen LogP contribution >= 0.6 is 0 Å². The third-order valence-electron chi connectivity index (χ3n) is 2.87. The minimum atomic E-state index is -0.989. The molecule has 5 heteroatoms. The van der Waals surface area contributed by atoms with Gasteiger partial charge in [-0.1, -0.05) is 34.1 Å². The molecule has 0 bridgehead atoms. The first-order valence-corrected chi connectivity index (χ1v) is 6.09. The highest BCUT2D eigenvalue weighted by atomic mass is 16.4. The van der Waals surface area contributed by atoms with Crippen molar-refractivity contribution in [1.29, 1.82) is 0 Å². The lowest BCUT2D eigenvalue weighted by Gasteiger charge is -2.23. The molecule has 0 saturated heterocycles. The molecule has 0 aromatic rings. The van der Waals surface area contributed by atoms with Crippen molar-refractivity contribution < 1.29 is 14.7 Å². The number of carboxylic acids is 1. The maximum Gasteiger partial charge on any atom is 0.326 e. The molecule has 0 aromatic heterocycles. The van der Waals surface area contributed by atoms with E-state index in [9.17, 15) is 9.59 Å². The largest absolute Gasteiger partial charge is 0.480 e. The first-order valence-electron chi connectivity index (χ1n) is 6.09. The van der Waals surface area contributed by atoms with Gasteiger partial charge in [0.2, 0.25) is 0 Å². The zero-order valence-corrected chi connectivity index (χ0v) is 11.2. The summed E-state index contributed by atoms with van der Waals surface area (Å²) in [6.45, 7) is 8.57. The molecule has 2 amide bonds. The van der Waals surface area contributed by atoms with Crippen molar-refractivity contribution in [3.05, 3.63) is 0 Å². The van der Waals surface area contributed by atoms with Gasteiger partial charge in [0.05, 0.1) is 0 Å². The van der Waals surface area contributed by atoms with Crippen LogP contribution in [0.2, 0.25) is 0 Å². The Morgan fingerprint density at radius 3 is 2.29 bits per heavy atom. The zero-order chi connectivity index (χ0) is 13.5. The van der Waals surface area contributed by atoms with Gasteiger partial charge < -0.3 is 15.7 Å². The molecule has 17 heavy (non-hydrogen) atoms. The number of carboxylic acid groups (broad SMARTS) is 1. The second kappa shape index (κ2) is 7.14. The number of hydrogen-bond donors (Lipinski definition) is 3. The fraction of sp³-hybridized carbons (Fsp3) is 0.833. The van der Waals surface area contributed by atoms with Gasteiger partial charge in [-0.15, -0.1) is 0 Å². The highest BCUT2D eigenvalue weighted by Crippen LogP contribution is 2.17. The van der Waals surface area contributed by atoms with Crippen LogP contribution in [0.4, 0.5) is 4.79 Å². The summed E-state index contributed by atoms with van der Waals surface area (Å²) in [5, 5.41) is 14.1. The minimum absolute atomic E-state index is 0.0286. The summed E-state index contributed by atoms with van der Waals surface area (Å²) in [7, 11) is 0. The summed E-state index contributed by atoms with van der Waals surface area (Å²) >= 11 is 0. The topological polar surface area (TPSA) is 78.4 Å². The lowest BCUT2D eigenvalue weighted by atomic mass is 9.90. The fourth-order valence-electron chi connectivity index (χ4n) is 1.20. The van der Waals surface area contributed by atoms with Gasteiger partial charge in [-0.25, -0.2) is 9.59 Å². The number of hydrogen-bond acceptors (Lipinski definition) is 2. The third-order valence-corrected chi connectivity index (χ3v) is 2.87. The van der Waals surface area contributed by atoms with E-state index < -0.39 is 18.0 Å². The van der Waals surface area contributed by atoms with Crippen LogP contribution in [-0.2, 0) is 4.79 Å². The van der Waals surface area contributed by atoms with E-state index >= 15 is 0 Å². The van der Waals surface area contributed by atoms with Crippen molar-refractivity contribution in [2.24, 2.45) is 5.41 Å². The molecular weight excluding hydrogens is 220 g/mol. The average Bonchev–Trinajstić information content (AvgIpc) is 2.26. The van der Waals surface area contributed by atoms with Crippen LogP contribution in [0.25, 0.3) is 0 Å². The molecule has 0 fully saturated rings. The Kier molecular flexibility index (Phi) is 6.61. The van der Waals surface area contributed by atoms with Gasteiger partial charge in [-0.3, -0.25) is 0 Å². The lowest BCUT2D eigenvalue weighted by molar-refractivity contribution is -0.139. The predicted molar refractivity (Wildman–Crippen MR) is 66.9 cm³/mol. The quantitative estimate of drug-likeness (QED) is 0.640. The molecule has 0 unspecified atom stereocenters. The van der Waals surface area contributed by atoms with E-state index in [1.54, 1.807) is 0 Å². The lowest BCUT2D eigenvalue weighted by Crippen LogP contribution is -2.47. The van der Waals surface area contributed by atoms with Crippen molar-refractivity contribution in [2.45, 2.75) is 53.0 Å². The Bertz CT molecular complexity index is 264. The van der Waals surface area contributed by atoms with E-state index in [0.717, 1.165) is 12.8 Å². The molecule has 0 rings (SSSR count). The van der Waals surface area contributed by atoms with Gasteiger partial charge in [0.15, 0.2) is 0 Å². The molecule has 0 aliphatic rings. The average molecular weight is 244 g/mol. The second-order valence-electron chi connectivity index (χ2n) is 5.02. The number of aliphatic carboxylic acids is 1. The Labute approximate surface area is 103 Å². The highest BCUT2D eigenvalue weighted by Gasteiger charge is 2.20. The van der Waals surface area contributed by atoms with Crippen molar-refractivity contribution in [1.82, 2.24) is 10.6 Å². The van der Waals surface area contributed by atoms with Crippen LogP contribution in [0, 0.1) is 5.41 Å². The van der Waals surface area contributed by atoms with Crippen LogP contribution in [-0.4, -0.2) is 29.7 Å². The molecule has 0 spiro atoms. The SMILES string of the molecule is CCC[C@@H](NC(=O)NCC(C)(C)CC)C(=O)O. The van der Waals surface area contributed by atoms with Gasteiger partial charge in [0.1, 0.15) is 6.04 Å². The standard InChI is InChI=1S/C12H24N2O3/c1-5-7-9(10(15)16)14-11(17)13-8-12(3,4)6-2/h9H,5-8H2,1-4H3,(H,15,16)(H2,13,14,17)/t9-/m1/s1. The fourth-order valence-corrected chi connectivity index (χ4v) is 1.20.